The Hall–Kier alpha value is -3.41. The number of piperazine rings is 1. The van der Waals surface area contributed by atoms with Crippen LogP contribution in [-0.4, -0.2) is 57.8 Å². The maximum atomic E-state index is 12.3. The quantitative estimate of drug-likeness (QED) is 0.562. The van der Waals surface area contributed by atoms with Crippen LogP contribution >= 0.6 is 0 Å². The molecule has 152 valence electrons. The molecule has 1 fully saturated rings. The normalized spacial score (nSPS) is 15.0. The molecule has 9 heteroatoms. The Morgan fingerprint density at radius 3 is 2.69 bits per heavy atom. The molecule has 0 aliphatic carbocycles. The van der Waals surface area contributed by atoms with Crippen molar-refractivity contribution in [2.45, 2.75) is 26.7 Å². The highest BCUT2D eigenvalue weighted by atomic mass is 16.2. The molecule has 1 aliphatic heterocycles. The summed E-state index contributed by atoms with van der Waals surface area (Å²) in [6.45, 7) is 6.89. The molecule has 0 spiro atoms. The Balaban J connectivity index is 1.73. The summed E-state index contributed by atoms with van der Waals surface area (Å²) in [7, 11) is 0. The minimum atomic E-state index is -0.788. The molecule has 0 saturated carbocycles. The molecule has 9 nitrogen and oxygen atoms in total. The topological polar surface area (TPSA) is 132 Å². The molecule has 29 heavy (non-hydrogen) atoms. The summed E-state index contributed by atoms with van der Waals surface area (Å²) in [6, 6.07) is 1.79. The van der Waals surface area contributed by atoms with E-state index in [1.165, 1.54) is 6.08 Å². The molecule has 3 heterocycles. The van der Waals surface area contributed by atoms with E-state index in [1.54, 1.807) is 18.5 Å². The second kappa shape index (κ2) is 8.73. The van der Waals surface area contributed by atoms with E-state index in [2.05, 4.69) is 33.7 Å². The lowest BCUT2D eigenvalue weighted by Gasteiger charge is -2.35. The smallest absolute Gasteiger partial charge is 0.259 e. The number of primary amides is 1. The first kappa shape index (κ1) is 20.3. The summed E-state index contributed by atoms with van der Waals surface area (Å²) >= 11 is 0. The second-order valence-corrected chi connectivity index (χ2v) is 7.50. The number of anilines is 1. The number of hydrogen-bond donors (Lipinski definition) is 2. The predicted molar refractivity (Wildman–Crippen MR) is 110 cm³/mol. The highest BCUT2D eigenvalue weighted by Crippen LogP contribution is 2.22. The highest BCUT2D eigenvalue weighted by molar-refractivity contribution is 6.02. The maximum Gasteiger partial charge on any atom is 0.259 e. The number of aromatic amines is 1. The van der Waals surface area contributed by atoms with Crippen LogP contribution in [0, 0.1) is 17.2 Å². The third-order valence-corrected chi connectivity index (χ3v) is 4.98. The lowest BCUT2D eigenvalue weighted by atomic mass is 10.1. The number of nitrogens with zero attached hydrogens (tertiary/aromatic N) is 5. The van der Waals surface area contributed by atoms with Gasteiger partial charge in [0.05, 0.1) is 6.20 Å². The number of nitriles is 1. The first-order valence-corrected chi connectivity index (χ1v) is 9.67. The maximum absolute atomic E-state index is 12.3. The molecular formula is C20H25N7O2. The van der Waals surface area contributed by atoms with E-state index in [0.717, 1.165) is 6.42 Å². The van der Waals surface area contributed by atoms with Crippen molar-refractivity contribution in [1.29, 1.82) is 5.26 Å². The number of carbonyl (C=O) groups is 2. The second-order valence-electron chi connectivity index (χ2n) is 7.50. The van der Waals surface area contributed by atoms with Gasteiger partial charge in [0.1, 0.15) is 23.0 Å². The summed E-state index contributed by atoms with van der Waals surface area (Å²) in [6.07, 6.45) is 6.22. The highest BCUT2D eigenvalue weighted by Gasteiger charge is 2.22. The number of aromatic nitrogens is 3. The van der Waals surface area contributed by atoms with Crippen molar-refractivity contribution in [2.75, 3.05) is 31.1 Å². The molecule has 2 aromatic rings. The van der Waals surface area contributed by atoms with E-state index < -0.39 is 5.91 Å². The van der Waals surface area contributed by atoms with Crippen LogP contribution < -0.4 is 10.6 Å². The third kappa shape index (κ3) is 4.71. The first-order chi connectivity index (χ1) is 13.9. The lowest BCUT2D eigenvalue weighted by molar-refractivity contribution is -0.131. The molecule has 0 bridgehead atoms. The van der Waals surface area contributed by atoms with Crippen LogP contribution in [0.15, 0.2) is 18.0 Å². The fraction of sp³-hybridized carbons (Fsp3) is 0.450. The summed E-state index contributed by atoms with van der Waals surface area (Å²) < 4.78 is 0. The van der Waals surface area contributed by atoms with Gasteiger partial charge in [0.2, 0.25) is 5.91 Å². The number of carbonyl (C=O) groups excluding carboxylic acids is 2. The molecule has 0 aromatic carbocycles. The summed E-state index contributed by atoms with van der Waals surface area (Å²) in [5.41, 5.74) is 6.76. The van der Waals surface area contributed by atoms with Crippen molar-refractivity contribution in [3.8, 4) is 6.07 Å². The van der Waals surface area contributed by atoms with Gasteiger partial charge in [-0.3, -0.25) is 9.59 Å². The molecule has 0 radical (unpaired) electrons. The molecule has 0 unspecified atom stereocenters. The summed E-state index contributed by atoms with van der Waals surface area (Å²) in [5, 5.41) is 9.06. The lowest BCUT2D eigenvalue weighted by Crippen LogP contribution is -2.49. The van der Waals surface area contributed by atoms with Gasteiger partial charge < -0.3 is 20.5 Å². The molecular weight excluding hydrogens is 370 g/mol. The molecule has 3 N–H and O–H groups in total. The van der Waals surface area contributed by atoms with Gasteiger partial charge in [-0.1, -0.05) is 13.8 Å². The minimum absolute atomic E-state index is 0.147. The Labute approximate surface area is 169 Å². The van der Waals surface area contributed by atoms with Crippen LogP contribution in [0.5, 0.6) is 0 Å². The SMILES string of the molecule is CC(C)CCC(=O)N1CCN(c2cnc3[nH]cc(C=C(C#N)C(N)=O)c3n2)CC1. The van der Waals surface area contributed by atoms with Gasteiger partial charge >= 0.3 is 0 Å². The Bertz CT molecular complexity index is 978. The molecule has 1 saturated heterocycles. The number of amides is 2. The zero-order chi connectivity index (χ0) is 21.0. The molecule has 0 atom stereocenters. The van der Waals surface area contributed by atoms with E-state index in [1.807, 2.05) is 4.90 Å². The standard InChI is InChI=1S/C20H25N7O2/c1-13(2)3-4-17(28)27-7-5-26(6-8-27)16-12-24-20-18(25-16)15(11-23-20)9-14(10-21)19(22)29/h9,11-13H,3-8H2,1-2H3,(H2,22,29)(H,23,24). The monoisotopic (exact) mass is 395 g/mol. The number of nitrogens with two attached hydrogens (primary N) is 1. The average Bonchev–Trinajstić information content (AvgIpc) is 3.12. The van der Waals surface area contributed by atoms with Crippen molar-refractivity contribution < 1.29 is 9.59 Å². The van der Waals surface area contributed by atoms with E-state index in [9.17, 15) is 9.59 Å². The van der Waals surface area contributed by atoms with Gasteiger partial charge in [-0.15, -0.1) is 0 Å². The van der Waals surface area contributed by atoms with E-state index >= 15 is 0 Å². The minimum Gasteiger partial charge on any atom is -0.365 e. The van der Waals surface area contributed by atoms with E-state index in [0.29, 0.717) is 61.1 Å². The third-order valence-electron chi connectivity index (χ3n) is 4.98. The Morgan fingerprint density at radius 2 is 2.07 bits per heavy atom. The first-order valence-electron chi connectivity index (χ1n) is 9.67. The van der Waals surface area contributed by atoms with Crippen molar-refractivity contribution in [3.63, 3.8) is 0 Å². The van der Waals surface area contributed by atoms with Crippen LogP contribution in [0.25, 0.3) is 17.2 Å². The number of hydrogen-bond acceptors (Lipinski definition) is 6. The average molecular weight is 395 g/mol. The van der Waals surface area contributed by atoms with Gasteiger partial charge in [-0.2, -0.15) is 5.26 Å². The zero-order valence-corrected chi connectivity index (χ0v) is 16.7. The van der Waals surface area contributed by atoms with Crippen molar-refractivity contribution in [2.24, 2.45) is 11.7 Å². The molecule has 2 aromatic heterocycles. The van der Waals surface area contributed by atoms with Crippen molar-refractivity contribution in [3.05, 3.63) is 23.5 Å². The van der Waals surface area contributed by atoms with E-state index in [4.69, 9.17) is 11.0 Å². The molecule has 1 aliphatic rings. The fourth-order valence-electron chi connectivity index (χ4n) is 3.23. The van der Waals surface area contributed by atoms with Gasteiger partial charge in [0.15, 0.2) is 5.65 Å². The zero-order valence-electron chi connectivity index (χ0n) is 16.7. The van der Waals surface area contributed by atoms with Crippen LogP contribution in [0.3, 0.4) is 0 Å². The number of H-pyrrole nitrogens is 1. The van der Waals surface area contributed by atoms with Crippen LogP contribution in [0.4, 0.5) is 5.82 Å². The van der Waals surface area contributed by atoms with Crippen LogP contribution in [0.1, 0.15) is 32.3 Å². The number of nitrogens with one attached hydrogen (secondary N) is 1. The van der Waals surface area contributed by atoms with Crippen LogP contribution in [0.2, 0.25) is 0 Å². The largest absolute Gasteiger partial charge is 0.365 e. The van der Waals surface area contributed by atoms with Gasteiger partial charge in [-0.05, 0) is 18.4 Å². The van der Waals surface area contributed by atoms with Gasteiger partial charge in [-0.25, -0.2) is 9.97 Å². The number of fused-ring (bicyclic) bond motifs is 1. The van der Waals surface area contributed by atoms with Crippen LogP contribution in [-0.2, 0) is 9.59 Å². The fourth-order valence-corrected chi connectivity index (χ4v) is 3.23. The summed E-state index contributed by atoms with van der Waals surface area (Å²) in [4.78, 5) is 39.7. The van der Waals surface area contributed by atoms with Crippen molar-refractivity contribution >= 4 is 34.9 Å². The Morgan fingerprint density at radius 1 is 1.34 bits per heavy atom. The summed E-state index contributed by atoms with van der Waals surface area (Å²) in [5.74, 6) is 0.624. The number of rotatable bonds is 6. The van der Waals surface area contributed by atoms with Gasteiger partial charge in [0.25, 0.3) is 5.91 Å². The molecule has 2 amide bonds. The van der Waals surface area contributed by atoms with Gasteiger partial charge in [0, 0.05) is 44.4 Å². The Kier molecular flexibility index (Phi) is 6.12. The molecule has 3 rings (SSSR count). The predicted octanol–water partition coefficient (Wildman–Crippen LogP) is 1.43. The van der Waals surface area contributed by atoms with Crippen molar-refractivity contribution in [1.82, 2.24) is 19.9 Å². The van der Waals surface area contributed by atoms with E-state index in [-0.39, 0.29) is 11.5 Å².